The highest BCUT2D eigenvalue weighted by Gasteiger charge is 2.27. The Morgan fingerprint density at radius 2 is 1.88 bits per heavy atom. The molecular formula is C17H14N4O3S2. The van der Waals surface area contributed by atoms with E-state index in [1.807, 2.05) is 22.0 Å². The quantitative estimate of drug-likeness (QED) is 0.531. The molecule has 0 bridgehead atoms. The summed E-state index contributed by atoms with van der Waals surface area (Å²) in [5, 5.41) is 1.98. The molecule has 132 valence electrons. The number of thiophene rings is 1. The summed E-state index contributed by atoms with van der Waals surface area (Å²) in [6, 6.07) is 5.27. The molecule has 26 heavy (non-hydrogen) atoms. The summed E-state index contributed by atoms with van der Waals surface area (Å²) in [5.41, 5.74) is 0.973. The number of carbonyl (C=O) groups is 2. The monoisotopic (exact) mass is 386 g/mol. The van der Waals surface area contributed by atoms with Crippen LogP contribution in [0, 0.1) is 0 Å². The van der Waals surface area contributed by atoms with Crippen molar-refractivity contribution < 1.29 is 14.0 Å². The highest BCUT2D eigenvalue weighted by atomic mass is 32.1. The number of nitrogens with zero attached hydrogens (tertiary/aromatic N) is 4. The third kappa shape index (κ3) is 2.43. The maximum atomic E-state index is 12.8. The molecule has 0 aromatic carbocycles. The summed E-state index contributed by atoms with van der Waals surface area (Å²) in [6.45, 7) is 2.04. The van der Waals surface area contributed by atoms with Crippen LogP contribution < -0.4 is 0 Å². The van der Waals surface area contributed by atoms with Crippen LogP contribution in [0.4, 0.5) is 0 Å². The largest absolute Gasteiger partial charge is 0.459 e. The van der Waals surface area contributed by atoms with Gasteiger partial charge in [0.05, 0.1) is 16.7 Å². The zero-order valence-electron chi connectivity index (χ0n) is 13.6. The number of furan rings is 1. The van der Waals surface area contributed by atoms with Crippen LogP contribution in [0.1, 0.15) is 20.2 Å². The minimum Gasteiger partial charge on any atom is -0.459 e. The van der Waals surface area contributed by atoms with Crippen LogP contribution in [0.2, 0.25) is 0 Å². The molecule has 0 atom stereocenters. The van der Waals surface area contributed by atoms with E-state index in [0.717, 1.165) is 15.3 Å². The third-order valence-corrected chi connectivity index (χ3v) is 6.30. The van der Waals surface area contributed by atoms with E-state index in [-0.39, 0.29) is 11.8 Å². The summed E-state index contributed by atoms with van der Waals surface area (Å²) in [7, 11) is 0. The predicted molar refractivity (Wildman–Crippen MR) is 99.0 cm³/mol. The summed E-state index contributed by atoms with van der Waals surface area (Å²) in [6.07, 6.45) is 3.46. The summed E-state index contributed by atoms with van der Waals surface area (Å²) in [4.78, 5) is 35.7. The molecule has 0 spiro atoms. The van der Waals surface area contributed by atoms with E-state index >= 15 is 0 Å². The first-order chi connectivity index (χ1) is 12.7. The number of aromatic nitrogens is 2. The van der Waals surface area contributed by atoms with Gasteiger partial charge in [-0.2, -0.15) is 0 Å². The van der Waals surface area contributed by atoms with E-state index in [2.05, 4.69) is 4.98 Å². The maximum Gasteiger partial charge on any atom is 0.289 e. The van der Waals surface area contributed by atoms with Crippen LogP contribution in [0.5, 0.6) is 0 Å². The van der Waals surface area contributed by atoms with Crippen molar-refractivity contribution in [3.8, 4) is 0 Å². The number of piperazine rings is 1. The Kier molecular flexibility index (Phi) is 3.57. The fourth-order valence-corrected chi connectivity index (χ4v) is 4.95. The molecule has 1 aliphatic rings. The second kappa shape index (κ2) is 5.96. The lowest BCUT2D eigenvalue weighted by Gasteiger charge is -2.34. The number of hydrogen-bond donors (Lipinski definition) is 0. The van der Waals surface area contributed by atoms with E-state index < -0.39 is 0 Å². The SMILES string of the molecule is O=C(c1ccco1)N1CCN(C(=O)c2cc3c(nc4sccn43)s2)CC1. The van der Waals surface area contributed by atoms with Crippen molar-refractivity contribution in [1.29, 1.82) is 0 Å². The lowest BCUT2D eigenvalue weighted by molar-refractivity contribution is 0.0520. The molecule has 1 saturated heterocycles. The molecule has 0 saturated carbocycles. The lowest BCUT2D eigenvalue weighted by atomic mass is 10.2. The van der Waals surface area contributed by atoms with Gasteiger partial charge >= 0.3 is 0 Å². The number of carbonyl (C=O) groups excluding carboxylic acids is 2. The van der Waals surface area contributed by atoms with Crippen molar-refractivity contribution in [3.05, 3.63) is 46.7 Å². The number of fused-ring (bicyclic) bond motifs is 3. The van der Waals surface area contributed by atoms with Crippen LogP contribution in [-0.2, 0) is 0 Å². The van der Waals surface area contributed by atoms with Gasteiger partial charge in [-0.1, -0.05) is 0 Å². The smallest absolute Gasteiger partial charge is 0.289 e. The highest BCUT2D eigenvalue weighted by Crippen LogP contribution is 2.29. The van der Waals surface area contributed by atoms with Crippen LogP contribution in [-0.4, -0.2) is 57.2 Å². The van der Waals surface area contributed by atoms with Crippen molar-refractivity contribution in [2.45, 2.75) is 0 Å². The zero-order valence-corrected chi connectivity index (χ0v) is 15.3. The molecule has 1 aliphatic heterocycles. The number of imidazole rings is 1. The van der Waals surface area contributed by atoms with Gasteiger partial charge in [-0.3, -0.25) is 14.0 Å². The van der Waals surface area contributed by atoms with Crippen molar-refractivity contribution in [2.24, 2.45) is 0 Å². The van der Waals surface area contributed by atoms with Gasteiger partial charge in [-0.05, 0) is 18.2 Å². The molecule has 4 aromatic heterocycles. The summed E-state index contributed by atoms with van der Waals surface area (Å²) in [5.74, 6) is 0.212. The van der Waals surface area contributed by atoms with Gasteiger partial charge in [0, 0.05) is 37.8 Å². The molecule has 5 heterocycles. The van der Waals surface area contributed by atoms with Crippen molar-refractivity contribution in [1.82, 2.24) is 19.2 Å². The van der Waals surface area contributed by atoms with Gasteiger partial charge in [0.1, 0.15) is 4.83 Å². The van der Waals surface area contributed by atoms with Crippen LogP contribution in [0.15, 0.2) is 40.5 Å². The predicted octanol–water partition coefficient (Wildman–Crippen LogP) is 2.80. The molecule has 7 nitrogen and oxygen atoms in total. The van der Waals surface area contributed by atoms with E-state index in [1.165, 1.54) is 17.6 Å². The maximum absolute atomic E-state index is 12.8. The van der Waals surface area contributed by atoms with E-state index in [9.17, 15) is 9.59 Å². The van der Waals surface area contributed by atoms with Gasteiger partial charge in [-0.15, -0.1) is 22.7 Å². The minimum absolute atomic E-state index is 0.00192. The molecule has 1 fully saturated rings. The molecule has 5 rings (SSSR count). The van der Waals surface area contributed by atoms with Crippen LogP contribution in [0.3, 0.4) is 0 Å². The third-order valence-electron chi connectivity index (χ3n) is 4.54. The van der Waals surface area contributed by atoms with Gasteiger partial charge < -0.3 is 14.2 Å². The second-order valence-electron chi connectivity index (χ2n) is 6.03. The minimum atomic E-state index is -0.127. The molecule has 0 radical (unpaired) electrons. The zero-order chi connectivity index (χ0) is 17.7. The average Bonchev–Trinajstić information content (AvgIpc) is 3.42. The van der Waals surface area contributed by atoms with Gasteiger partial charge in [0.25, 0.3) is 11.8 Å². The molecule has 0 aliphatic carbocycles. The normalized spacial score (nSPS) is 15.2. The topological polar surface area (TPSA) is 71.1 Å². The van der Waals surface area contributed by atoms with Crippen molar-refractivity contribution in [2.75, 3.05) is 26.2 Å². The van der Waals surface area contributed by atoms with Gasteiger partial charge in [0.2, 0.25) is 0 Å². The summed E-state index contributed by atoms with van der Waals surface area (Å²) >= 11 is 3.00. The average molecular weight is 386 g/mol. The number of amides is 2. The standard InChI is InChI=1S/C17H14N4O3S2/c22-15(12-2-1-8-24-12)19-3-5-20(6-4-19)16(23)13-10-11-14(26-13)18-17-21(11)7-9-25-17/h1-2,7-10H,3-6H2. The second-order valence-corrected chi connectivity index (χ2v) is 7.93. The molecular weight excluding hydrogens is 372 g/mol. The highest BCUT2D eigenvalue weighted by molar-refractivity contribution is 7.21. The van der Waals surface area contributed by atoms with Gasteiger partial charge in [-0.25, -0.2) is 4.98 Å². The first kappa shape index (κ1) is 15.6. The van der Waals surface area contributed by atoms with Crippen LogP contribution >= 0.6 is 22.7 Å². The fraction of sp³-hybridized carbons (Fsp3) is 0.235. The van der Waals surface area contributed by atoms with Crippen molar-refractivity contribution in [3.63, 3.8) is 0 Å². The Morgan fingerprint density at radius 3 is 2.62 bits per heavy atom. The Bertz CT molecular complexity index is 1100. The molecule has 4 aromatic rings. The van der Waals surface area contributed by atoms with Crippen LogP contribution in [0.25, 0.3) is 15.3 Å². The molecule has 0 N–H and O–H groups in total. The summed E-state index contributed by atoms with van der Waals surface area (Å²) < 4.78 is 7.17. The lowest BCUT2D eigenvalue weighted by Crippen LogP contribution is -2.50. The Hall–Kier alpha value is -2.65. The van der Waals surface area contributed by atoms with E-state index in [0.29, 0.717) is 36.8 Å². The number of rotatable bonds is 2. The Balaban J connectivity index is 1.31. The van der Waals surface area contributed by atoms with Gasteiger partial charge in [0.15, 0.2) is 10.7 Å². The van der Waals surface area contributed by atoms with Crippen molar-refractivity contribution >= 4 is 49.8 Å². The fourth-order valence-electron chi connectivity index (χ4n) is 3.18. The first-order valence-electron chi connectivity index (χ1n) is 8.18. The Labute approximate surface area is 156 Å². The van der Waals surface area contributed by atoms with E-state index in [4.69, 9.17) is 4.42 Å². The molecule has 0 unspecified atom stereocenters. The number of hydrogen-bond acceptors (Lipinski definition) is 6. The molecule has 9 heteroatoms. The molecule has 2 amide bonds. The Morgan fingerprint density at radius 1 is 1.12 bits per heavy atom. The number of thiazole rings is 1. The first-order valence-corrected chi connectivity index (χ1v) is 9.87. The van der Waals surface area contributed by atoms with E-state index in [1.54, 1.807) is 33.3 Å².